The molecule has 1 aromatic carbocycles. The van der Waals surface area contributed by atoms with E-state index >= 15 is 0 Å². The van der Waals surface area contributed by atoms with Crippen LogP contribution in [0.25, 0.3) is 0 Å². The molecule has 6 nitrogen and oxygen atoms in total. The summed E-state index contributed by atoms with van der Waals surface area (Å²) in [6.45, 7) is 3.96. The number of para-hydroxylation sites is 1. The lowest BCUT2D eigenvalue weighted by molar-refractivity contribution is 0.182. The first-order valence-corrected chi connectivity index (χ1v) is 13.2. The van der Waals surface area contributed by atoms with E-state index in [4.69, 9.17) is 4.74 Å². The number of thiophene rings is 1. The third-order valence-electron chi connectivity index (χ3n) is 5.36. The molecular weight excluding hydrogens is 438 g/mol. The van der Waals surface area contributed by atoms with Gasteiger partial charge in [-0.1, -0.05) is 12.1 Å². The van der Waals surface area contributed by atoms with Gasteiger partial charge in [0.2, 0.25) is 0 Å². The van der Waals surface area contributed by atoms with E-state index in [1.165, 1.54) is 58.1 Å². The second kappa shape index (κ2) is 10.4. The van der Waals surface area contributed by atoms with Crippen LogP contribution in [0.15, 0.2) is 38.8 Å². The number of rotatable bonds is 9. The van der Waals surface area contributed by atoms with Crippen molar-refractivity contribution in [3.05, 3.63) is 35.9 Å². The summed E-state index contributed by atoms with van der Waals surface area (Å²) in [7, 11) is 1.47. The van der Waals surface area contributed by atoms with Crippen molar-refractivity contribution in [2.24, 2.45) is 0 Å². The molecule has 1 N–H and O–H groups in total. The fraction of sp³-hybridized carbons (Fsp3) is 0.524. The Morgan fingerprint density at radius 3 is 2.80 bits per heavy atom. The number of sulfonamides is 1. The molecule has 166 valence electrons. The lowest BCUT2D eigenvalue weighted by Gasteiger charge is -2.39. The number of hydrogen-bond acceptors (Lipinski definition) is 7. The van der Waals surface area contributed by atoms with E-state index in [-0.39, 0.29) is 0 Å². The van der Waals surface area contributed by atoms with Crippen molar-refractivity contribution < 1.29 is 13.2 Å². The van der Waals surface area contributed by atoms with Crippen LogP contribution in [0.4, 0.5) is 11.4 Å². The van der Waals surface area contributed by atoms with Crippen molar-refractivity contribution >= 4 is 44.7 Å². The second-order valence-electron chi connectivity index (χ2n) is 7.66. The van der Waals surface area contributed by atoms with Crippen LogP contribution in [0.1, 0.15) is 31.2 Å². The quantitative estimate of drug-likeness (QED) is 0.531. The van der Waals surface area contributed by atoms with Crippen LogP contribution in [0.3, 0.4) is 0 Å². The maximum absolute atomic E-state index is 12.3. The minimum atomic E-state index is -3.40. The Bertz CT molecular complexity index is 944. The third kappa shape index (κ3) is 5.31. The number of benzene rings is 1. The van der Waals surface area contributed by atoms with Crippen molar-refractivity contribution in [1.29, 1.82) is 0 Å². The average molecular weight is 470 g/mol. The third-order valence-corrected chi connectivity index (χ3v) is 9.68. The number of ether oxygens (including phenoxy) is 1. The van der Waals surface area contributed by atoms with E-state index in [2.05, 4.69) is 34.7 Å². The summed E-state index contributed by atoms with van der Waals surface area (Å²) in [6.07, 6.45) is 4.66. The van der Waals surface area contributed by atoms with Gasteiger partial charge in [-0.05, 0) is 68.3 Å². The normalized spacial score (nSPS) is 17.5. The Kier molecular flexibility index (Phi) is 8.09. The molecule has 0 radical (unpaired) electrons. The summed E-state index contributed by atoms with van der Waals surface area (Å²) < 4.78 is 36.0. The predicted molar refractivity (Wildman–Crippen MR) is 127 cm³/mol. The van der Waals surface area contributed by atoms with E-state index < -0.39 is 10.0 Å². The largest absolute Gasteiger partial charge is 0.385 e. The second-order valence-corrected chi connectivity index (χ2v) is 12.2. The predicted octanol–water partition coefficient (Wildman–Crippen LogP) is 4.82. The summed E-state index contributed by atoms with van der Waals surface area (Å²) >= 11 is 2.75. The van der Waals surface area contributed by atoms with Gasteiger partial charge in [-0.15, -0.1) is 11.3 Å². The van der Waals surface area contributed by atoms with Crippen molar-refractivity contribution in [3.8, 4) is 0 Å². The summed E-state index contributed by atoms with van der Waals surface area (Å²) in [4.78, 5) is 2.52. The Morgan fingerprint density at radius 2 is 2.07 bits per heavy atom. The highest BCUT2D eigenvalue weighted by Gasteiger charge is 2.26. The molecule has 9 heteroatoms. The number of aryl methyl sites for hydroxylation is 1. The molecule has 1 aliphatic rings. The summed E-state index contributed by atoms with van der Waals surface area (Å²) in [5.74, 6) is 0. The fourth-order valence-electron chi connectivity index (χ4n) is 3.75. The van der Waals surface area contributed by atoms with Gasteiger partial charge in [0.25, 0.3) is 10.0 Å². The zero-order valence-electron chi connectivity index (χ0n) is 18.1. The van der Waals surface area contributed by atoms with Crippen LogP contribution in [-0.4, -0.2) is 53.1 Å². The molecule has 0 bridgehead atoms. The van der Waals surface area contributed by atoms with Crippen molar-refractivity contribution in [3.63, 3.8) is 0 Å². The van der Waals surface area contributed by atoms with Crippen molar-refractivity contribution in [1.82, 2.24) is 4.31 Å². The fourth-order valence-corrected chi connectivity index (χ4v) is 7.19. The zero-order valence-corrected chi connectivity index (χ0v) is 20.5. The van der Waals surface area contributed by atoms with Gasteiger partial charge in [0.15, 0.2) is 0 Å². The zero-order chi connectivity index (χ0) is 21.7. The van der Waals surface area contributed by atoms with Gasteiger partial charge in [-0.3, -0.25) is 0 Å². The van der Waals surface area contributed by atoms with E-state index in [9.17, 15) is 8.42 Å². The standard InChI is InChI=1S/C21H31N3O3S3/c1-16-8-7-10-18(21(16)24-14-6-5-9-17(24)13-15-27-4)22-29-19-11-12-20(28-19)30(25,26)23(2)3/h7-8,10-12,17,22H,5-6,9,13-15H2,1-4H3. The van der Waals surface area contributed by atoms with E-state index in [1.54, 1.807) is 27.3 Å². The molecule has 0 spiro atoms. The minimum Gasteiger partial charge on any atom is -0.385 e. The molecule has 1 unspecified atom stereocenters. The molecule has 0 saturated carbocycles. The number of methoxy groups -OCH3 is 1. The minimum absolute atomic E-state index is 0.358. The van der Waals surface area contributed by atoms with Crippen LogP contribution < -0.4 is 9.62 Å². The average Bonchev–Trinajstić information content (AvgIpc) is 3.21. The van der Waals surface area contributed by atoms with Gasteiger partial charge in [-0.2, -0.15) is 0 Å². The molecule has 1 aliphatic heterocycles. The van der Waals surface area contributed by atoms with Gasteiger partial charge in [0, 0.05) is 40.4 Å². The molecule has 1 fully saturated rings. The van der Waals surface area contributed by atoms with Gasteiger partial charge in [-0.25, -0.2) is 12.7 Å². The van der Waals surface area contributed by atoms with Crippen LogP contribution in [0, 0.1) is 6.92 Å². The molecule has 2 heterocycles. The van der Waals surface area contributed by atoms with Gasteiger partial charge in [0.1, 0.15) is 4.21 Å². The van der Waals surface area contributed by atoms with Crippen LogP contribution in [0.5, 0.6) is 0 Å². The molecule has 0 aliphatic carbocycles. The monoisotopic (exact) mass is 469 g/mol. The molecule has 1 aromatic heterocycles. The lowest BCUT2D eigenvalue weighted by atomic mass is 9.97. The van der Waals surface area contributed by atoms with Gasteiger partial charge in [0.05, 0.1) is 15.6 Å². The first-order chi connectivity index (χ1) is 14.3. The molecule has 2 aromatic rings. The van der Waals surface area contributed by atoms with E-state index in [1.807, 2.05) is 6.07 Å². The van der Waals surface area contributed by atoms with Gasteiger partial charge >= 0.3 is 0 Å². The molecule has 1 saturated heterocycles. The van der Waals surface area contributed by atoms with Crippen LogP contribution in [0.2, 0.25) is 0 Å². The first-order valence-electron chi connectivity index (χ1n) is 10.1. The Labute approximate surface area is 188 Å². The highest BCUT2D eigenvalue weighted by atomic mass is 32.3. The van der Waals surface area contributed by atoms with E-state index in [0.29, 0.717) is 10.3 Å². The molecule has 30 heavy (non-hydrogen) atoms. The summed E-state index contributed by atoms with van der Waals surface area (Å²) in [5, 5.41) is 0. The van der Waals surface area contributed by atoms with E-state index in [0.717, 1.165) is 29.5 Å². The summed E-state index contributed by atoms with van der Waals surface area (Å²) in [5.41, 5.74) is 3.55. The molecule has 0 amide bonds. The number of nitrogens with one attached hydrogen (secondary N) is 1. The maximum Gasteiger partial charge on any atom is 0.252 e. The highest BCUT2D eigenvalue weighted by Crippen LogP contribution is 2.39. The maximum atomic E-state index is 12.3. The van der Waals surface area contributed by atoms with Crippen molar-refractivity contribution in [2.45, 2.75) is 47.1 Å². The van der Waals surface area contributed by atoms with Crippen LogP contribution in [-0.2, 0) is 14.8 Å². The highest BCUT2D eigenvalue weighted by molar-refractivity contribution is 8.02. The number of hydrogen-bond donors (Lipinski definition) is 1. The smallest absolute Gasteiger partial charge is 0.252 e. The Balaban J connectivity index is 1.79. The topological polar surface area (TPSA) is 61.9 Å². The SMILES string of the molecule is COCCC1CCCCN1c1c(C)cccc1NSc1ccc(S(=O)(=O)N(C)C)s1. The summed E-state index contributed by atoms with van der Waals surface area (Å²) in [6, 6.07) is 10.3. The number of anilines is 2. The number of piperidine rings is 1. The lowest BCUT2D eigenvalue weighted by Crippen LogP contribution is -2.41. The molecular formula is C21H31N3O3S3. The Morgan fingerprint density at radius 1 is 1.27 bits per heavy atom. The van der Waals surface area contributed by atoms with Crippen LogP contribution >= 0.6 is 23.3 Å². The van der Waals surface area contributed by atoms with Gasteiger partial charge < -0.3 is 14.4 Å². The first kappa shape index (κ1) is 23.4. The molecule has 1 atom stereocenters. The molecule has 3 rings (SSSR count). The Hall–Kier alpha value is -1.26. The van der Waals surface area contributed by atoms with Crippen molar-refractivity contribution in [2.75, 3.05) is 44.0 Å². The number of nitrogens with zero attached hydrogens (tertiary/aromatic N) is 2.